The number of nitrogens with one attached hydrogen (secondary N) is 1. The van der Waals surface area contributed by atoms with E-state index in [-0.39, 0.29) is 29.4 Å². The second-order valence-corrected chi connectivity index (χ2v) is 8.84. The molecule has 6 heteroatoms. The predicted molar refractivity (Wildman–Crippen MR) is 131 cm³/mol. The highest BCUT2D eigenvalue weighted by atomic mass is 127. The summed E-state index contributed by atoms with van der Waals surface area (Å²) in [7, 11) is 1.91. The van der Waals surface area contributed by atoms with E-state index < -0.39 is 0 Å². The van der Waals surface area contributed by atoms with E-state index in [1.54, 1.807) is 0 Å². The molecule has 4 rings (SSSR count). The van der Waals surface area contributed by atoms with Crippen LogP contribution < -0.4 is 5.32 Å². The lowest BCUT2D eigenvalue weighted by molar-refractivity contribution is -0.107. The number of hydrogen-bond acceptors (Lipinski definition) is 3. The molecule has 29 heavy (non-hydrogen) atoms. The first-order valence-electron chi connectivity index (χ1n) is 10.6. The highest BCUT2D eigenvalue weighted by molar-refractivity contribution is 14.0. The van der Waals surface area contributed by atoms with E-state index in [1.807, 2.05) is 7.05 Å². The molecular weight excluding hydrogens is 475 g/mol. The highest BCUT2D eigenvalue weighted by Gasteiger charge is 2.59. The highest BCUT2D eigenvalue weighted by Crippen LogP contribution is 2.52. The molecule has 0 spiro atoms. The molecule has 160 valence electrons. The van der Waals surface area contributed by atoms with Gasteiger partial charge in [-0.3, -0.25) is 9.89 Å². The van der Waals surface area contributed by atoms with Crippen molar-refractivity contribution in [2.45, 2.75) is 32.4 Å². The maximum atomic E-state index is 5.94. The van der Waals surface area contributed by atoms with Gasteiger partial charge in [0.15, 0.2) is 5.96 Å². The smallest absolute Gasteiger partial charge is 0.193 e. The van der Waals surface area contributed by atoms with Crippen LogP contribution in [0.1, 0.15) is 25.8 Å². The van der Waals surface area contributed by atoms with Crippen LogP contribution in [0.2, 0.25) is 0 Å². The number of ether oxygens (including phenoxy) is 1. The molecule has 1 aromatic carbocycles. The minimum absolute atomic E-state index is 0. The molecule has 2 aliphatic heterocycles. The van der Waals surface area contributed by atoms with E-state index in [0.29, 0.717) is 18.1 Å². The fourth-order valence-corrected chi connectivity index (χ4v) is 5.10. The van der Waals surface area contributed by atoms with Gasteiger partial charge in [0.25, 0.3) is 0 Å². The number of halogens is 1. The summed E-state index contributed by atoms with van der Waals surface area (Å²) in [6.45, 7) is 10.7. The number of hydrogen-bond donors (Lipinski definition) is 1. The molecule has 1 aromatic rings. The Labute approximate surface area is 192 Å². The Morgan fingerprint density at radius 1 is 1.21 bits per heavy atom. The molecule has 0 radical (unpaired) electrons. The van der Waals surface area contributed by atoms with E-state index in [9.17, 15) is 0 Å². The first-order chi connectivity index (χ1) is 13.6. The van der Waals surface area contributed by atoms with Crippen LogP contribution in [0.5, 0.6) is 0 Å². The normalized spacial score (nSPS) is 29.3. The maximum absolute atomic E-state index is 5.94. The SMILES string of the molecule is CN=C(NC1C2CCOC2C1(C)C)N1CCN(C/C=C/c2ccccc2)CC1.I. The molecule has 3 aliphatic rings. The zero-order valence-corrected chi connectivity index (χ0v) is 20.2. The lowest BCUT2D eigenvalue weighted by Gasteiger charge is -2.55. The topological polar surface area (TPSA) is 40.1 Å². The third-order valence-corrected chi connectivity index (χ3v) is 6.74. The number of guanidine groups is 1. The van der Waals surface area contributed by atoms with Crippen molar-refractivity contribution in [2.75, 3.05) is 46.4 Å². The number of fused-ring (bicyclic) bond motifs is 1. The Bertz CT molecular complexity index is 713. The molecule has 2 saturated heterocycles. The van der Waals surface area contributed by atoms with Gasteiger partial charge in [-0.25, -0.2) is 0 Å². The van der Waals surface area contributed by atoms with E-state index >= 15 is 0 Å². The molecule has 3 atom stereocenters. The quantitative estimate of drug-likeness (QED) is 0.384. The molecule has 3 unspecified atom stereocenters. The zero-order valence-electron chi connectivity index (χ0n) is 17.9. The van der Waals surface area contributed by atoms with Crippen molar-refractivity contribution in [1.82, 2.24) is 15.1 Å². The molecule has 0 bridgehead atoms. The third-order valence-electron chi connectivity index (χ3n) is 6.74. The van der Waals surface area contributed by atoms with Crippen molar-refractivity contribution in [3.8, 4) is 0 Å². The molecule has 5 nitrogen and oxygen atoms in total. The summed E-state index contributed by atoms with van der Waals surface area (Å²) in [4.78, 5) is 9.52. The van der Waals surface area contributed by atoms with Gasteiger partial charge in [-0.1, -0.05) is 56.3 Å². The van der Waals surface area contributed by atoms with Crippen molar-refractivity contribution in [3.05, 3.63) is 42.0 Å². The first kappa shape index (κ1) is 22.6. The number of rotatable bonds is 4. The monoisotopic (exact) mass is 510 g/mol. The maximum Gasteiger partial charge on any atom is 0.193 e. The predicted octanol–water partition coefficient (Wildman–Crippen LogP) is 3.32. The van der Waals surface area contributed by atoms with Crippen molar-refractivity contribution in [3.63, 3.8) is 0 Å². The number of benzene rings is 1. The summed E-state index contributed by atoms with van der Waals surface area (Å²) < 4.78 is 5.94. The molecule has 1 aliphatic carbocycles. The van der Waals surface area contributed by atoms with Crippen LogP contribution in [0.25, 0.3) is 6.08 Å². The Morgan fingerprint density at radius 3 is 2.62 bits per heavy atom. The van der Waals surface area contributed by atoms with Gasteiger partial charge < -0.3 is 15.0 Å². The molecule has 0 aromatic heterocycles. The summed E-state index contributed by atoms with van der Waals surface area (Å²) >= 11 is 0. The summed E-state index contributed by atoms with van der Waals surface area (Å²) in [5.74, 6) is 1.69. The fourth-order valence-electron chi connectivity index (χ4n) is 5.10. The molecule has 0 amide bonds. The van der Waals surface area contributed by atoms with Gasteiger partial charge in [0.1, 0.15) is 0 Å². The zero-order chi connectivity index (χ0) is 19.6. The molecule has 2 heterocycles. The summed E-state index contributed by atoms with van der Waals surface area (Å²) in [6.07, 6.45) is 6.07. The van der Waals surface area contributed by atoms with Gasteiger partial charge in [-0.15, -0.1) is 24.0 Å². The molecule has 3 fully saturated rings. The first-order valence-corrected chi connectivity index (χ1v) is 10.6. The van der Waals surface area contributed by atoms with Crippen LogP contribution in [-0.2, 0) is 4.74 Å². The number of aliphatic imine (C=N–C) groups is 1. The van der Waals surface area contributed by atoms with Crippen LogP contribution in [-0.4, -0.2) is 74.3 Å². The van der Waals surface area contributed by atoms with E-state index in [2.05, 4.69) is 76.4 Å². The van der Waals surface area contributed by atoms with Gasteiger partial charge >= 0.3 is 0 Å². The number of piperazine rings is 1. The standard InChI is InChI=1S/C23H34N4O.HI/c1-23(2)20(19-11-17-28-21(19)23)25-22(24-3)27-15-13-26(14-16-27)12-7-10-18-8-5-4-6-9-18;/h4-10,19-21H,11-17H2,1-3H3,(H,24,25);1H/b10-7+;. The Morgan fingerprint density at radius 2 is 1.93 bits per heavy atom. The molecule has 1 N–H and O–H groups in total. The van der Waals surface area contributed by atoms with Gasteiger partial charge in [0, 0.05) is 63.8 Å². The Hall–Kier alpha value is -1.12. The van der Waals surface area contributed by atoms with Crippen LogP contribution in [0.15, 0.2) is 41.4 Å². The van der Waals surface area contributed by atoms with Crippen molar-refractivity contribution >= 4 is 36.0 Å². The summed E-state index contributed by atoms with van der Waals surface area (Å²) in [5.41, 5.74) is 1.45. The van der Waals surface area contributed by atoms with Crippen LogP contribution >= 0.6 is 24.0 Å². The van der Waals surface area contributed by atoms with Crippen molar-refractivity contribution < 1.29 is 4.74 Å². The summed E-state index contributed by atoms with van der Waals surface area (Å²) in [5, 5.41) is 3.78. The molecule has 1 saturated carbocycles. The van der Waals surface area contributed by atoms with Crippen LogP contribution in [0.4, 0.5) is 0 Å². The minimum Gasteiger partial charge on any atom is -0.377 e. The van der Waals surface area contributed by atoms with Crippen LogP contribution in [0, 0.1) is 11.3 Å². The van der Waals surface area contributed by atoms with E-state index in [1.165, 1.54) is 12.0 Å². The van der Waals surface area contributed by atoms with Crippen LogP contribution in [0.3, 0.4) is 0 Å². The Balaban J connectivity index is 0.00000240. The minimum atomic E-state index is 0. The third kappa shape index (κ3) is 4.80. The lowest BCUT2D eigenvalue weighted by atomic mass is 9.57. The summed E-state index contributed by atoms with van der Waals surface area (Å²) in [6, 6.07) is 11.0. The Kier molecular flexibility index (Phi) is 7.62. The van der Waals surface area contributed by atoms with Crippen molar-refractivity contribution in [1.29, 1.82) is 0 Å². The fraction of sp³-hybridized carbons (Fsp3) is 0.609. The largest absolute Gasteiger partial charge is 0.377 e. The average Bonchev–Trinajstić information content (AvgIpc) is 3.17. The average molecular weight is 510 g/mol. The van der Waals surface area contributed by atoms with Gasteiger partial charge in [-0.2, -0.15) is 0 Å². The van der Waals surface area contributed by atoms with E-state index in [0.717, 1.165) is 45.3 Å². The number of nitrogens with zero attached hydrogens (tertiary/aromatic N) is 3. The van der Waals surface area contributed by atoms with Gasteiger partial charge in [0.2, 0.25) is 0 Å². The van der Waals surface area contributed by atoms with E-state index in [4.69, 9.17) is 4.74 Å². The molecular formula is C23H35IN4O. The van der Waals surface area contributed by atoms with Gasteiger partial charge in [0.05, 0.1) is 6.10 Å². The lowest BCUT2D eigenvalue weighted by Crippen LogP contribution is -2.68. The second kappa shape index (κ2) is 9.79. The van der Waals surface area contributed by atoms with Crippen molar-refractivity contribution in [2.24, 2.45) is 16.3 Å². The van der Waals surface area contributed by atoms with Gasteiger partial charge in [-0.05, 0) is 12.0 Å². The second-order valence-electron chi connectivity index (χ2n) is 8.84.